The number of hydrogen-bond donors (Lipinski definition) is 1. The lowest BCUT2D eigenvalue weighted by molar-refractivity contribution is -0.116. The van der Waals surface area contributed by atoms with Gasteiger partial charge in [0.1, 0.15) is 5.75 Å². The summed E-state index contributed by atoms with van der Waals surface area (Å²) < 4.78 is 42.6. The summed E-state index contributed by atoms with van der Waals surface area (Å²) in [5, 5.41) is 2.69. The van der Waals surface area contributed by atoms with Gasteiger partial charge in [-0.15, -0.1) is 0 Å². The Kier molecular flexibility index (Phi) is 5.76. The topological polar surface area (TPSA) is 94.2 Å². The smallest absolute Gasteiger partial charge is 0.243 e. The molecule has 1 aliphatic heterocycles. The minimum absolute atomic E-state index is 0.114. The monoisotopic (exact) mass is 406 g/mol. The normalized spacial score (nSPS) is 12.9. The van der Waals surface area contributed by atoms with E-state index in [-0.39, 0.29) is 24.8 Å². The summed E-state index contributed by atoms with van der Waals surface area (Å²) in [5.74, 6) is 1.29. The molecule has 0 bridgehead atoms. The van der Waals surface area contributed by atoms with Gasteiger partial charge in [0.15, 0.2) is 11.5 Å². The fourth-order valence-electron chi connectivity index (χ4n) is 2.86. The van der Waals surface area contributed by atoms with E-state index in [1.807, 2.05) is 0 Å². The van der Waals surface area contributed by atoms with Crippen molar-refractivity contribution < 1.29 is 27.4 Å². The SMILES string of the molecule is CCN(CC(=O)Nc1ccc2c(c1)OCO2)S(=O)(=O)c1ccc(OC)c(C)c1. The first-order chi connectivity index (χ1) is 13.3. The molecular formula is C19H22N2O6S. The Morgan fingerprint density at radius 1 is 1.18 bits per heavy atom. The molecule has 1 amide bonds. The molecular weight excluding hydrogens is 384 g/mol. The van der Waals surface area contributed by atoms with Crippen LogP contribution in [0, 0.1) is 6.92 Å². The quantitative estimate of drug-likeness (QED) is 0.759. The maximum absolute atomic E-state index is 12.9. The van der Waals surface area contributed by atoms with Crippen LogP contribution < -0.4 is 19.5 Å². The molecule has 2 aromatic rings. The van der Waals surface area contributed by atoms with Crippen molar-refractivity contribution >= 4 is 21.6 Å². The molecule has 0 spiro atoms. The van der Waals surface area contributed by atoms with Gasteiger partial charge in [-0.3, -0.25) is 4.79 Å². The number of amides is 1. The van der Waals surface area contributed by atoms with Crippen molar-refractivity contribution in [3.63, 3.8) is 0 Å². The molecule has 150 valence electrons. The third-order valence-corrected chi connectivity index (χ3v) is 6.25. The van der Waals surface area contributed by atoms with Crippen LogP contribution in [0.5, 0.6) is 17.2 Å². The Balaban J connectivity index is 1.73. The number of methoxy groups -OCH3 is 1. The zero-order chi connectivity index (χ0) is 20.3. The van der Waals surface area contributed by atoms with E-state index in [4.69, 9.17) is 14.2 Å². The summed E-state index contributed by atoms with van der Waals surface area (Å²) in [6, 6.07) is 9.60. The number of aryl methyl sites for hydroxylation is 1. The van der Waals surface area contributed by atoms with Gasteiger partial charge in [0.2, 0.25) is 22.7 Å². The van der Waals surface area contributed by atoms with Crippen LogP contribution >= 0.6 is 0 Å². The summed E-state index contributed by atoms with van der Waals surface area (Å²) in [6.45, 7) is 3.43. The molecule has 28 heavy (non-hydrogen) atoms. The minimum Gasteiger partial charge on any atom is -0.496 e. The lowest BCUT2D eigenvalue weighted by Crippen LogP contribution is -2.37. The highest BCUT2D eigenvalue weighted by atomic mass is 32.2. The molecule has 1 heterocycles. The number of ether oxygens (including phenoxy) is 3. The Hall–Kier alpha value is -2.78. The molecule has 2 aromatic carbocycles. The summed E-state index contributed by atoms with van der Waals surface area (Å²) in [5.41, 5.74) is 1.20. The second-order valence-corrected chi connectivity index (χ2v) is 8.12. The van der Waals surface area contributed by atoms with Gasteiger partial charge in [-0.1, -0.05) is 6.92 Å². The van der Waals surface area contributed by atoms with E-state index >= 15 is 0 Å². The largest absolute Gasteiger partial charge is 0.496 e. The van der Waals surface area contributed by atoms with Gasteiger partial charge in [0.25, 0.3) is 0 Å². The molecule has 3 rings (SSSR count). The van der Waals surface area contributed by atoms with Crippen LogP contribution in [-0.4, -0.2) is 45.6 Å². The number of sulfonamides is 1. The standard InChI is InChI=1S/C19H22N2O6S/c1-4-21(28(23,24)15-6-8-16(25-3)13(2)9-15)11-19(22)20-14-5-7-17-18(10-14)27-12-26-17/h5-10H,4,11-12H2,1-3H3,(H,20,22). The zero-order valence-corrected chi connectivity index (χ0v) is 16.7. The predicted molar refractivity (Wildman–Crippen MR) is 103 cm³/mol. The minimum atomic E-state index is -3.82. The van der Waals surface area contributed by atoms with Gasteiger partial charge in [-0.2, -0.15) is 4.31 Å². The highest BCUT2D eigenvalue weighted by Crippen LogP contribution is 2.34. The molecule has 0 saturated heterocycles. The van der Waals surface area contributed by atoms with Gasteiger partial charge >= 0.3 is 0 Å². The van der Waals surface area contributed by atoms with Crippen LogP contribution in [0.2, 0.25) is 0 Å². The third-order valence-electron chi connectivity index (χ3n) is 4.33. The predicted octanol–water partition coefficient (Wildman–Crippen LogP) is 2.38. The molecule has 0 radical (unpaired) electrons. The Bertz CT molecular complexity index is 990. The highest BCUT2D eigenvalue weighted by Gasteiger charge is 2.26. The number of rotatable bonds is 7. The molecule has 1 N–H and O–H groups in total. The highest BCUT2D eigenvalue weighted by molar-refractivity contribution is 7.89. The van der Waals surface area contributed by atoms with Crippen molar-refractivity contribution in [1.29, 1.82) is 0 Å². The van der Waals surface area contributed by atoms with E-state index in [1.54, 1.807) is 38.1 Å². The van der Waals surface area contributed by atoms with Gasteiger partial charge < -0.3 is 19.5 Å². The van der Waals surface area contributed by atoms with Gasteiger partial charge in [0.05, 0.1) is 18.6 Å². The maximum atomic E-state index is 12.9. The number of fused-ring (bicyclic) bond motifs is 1. The second-order valence-electron chi connectivity index (χ2n) is 6.18. The van der Waals surface area contributed by atoms with Crippen molar-refractivity contribution in [1.82, 2.24) is 4.31 Å². The number of nitrogens with zero attached hydrogens (tertiary/aromatic N) is 1. The first-order valence-corrected chi connectivity index (χ1v) is 10.1. The number of carbonyl (C=O) groups is 1. The average Bonchev–Trinajstić information content (AvgIpc) is 3.13. The first-order valence-electron chi connectivity index (χ1n) is 8.69. The number of anilines is 1. The van der Waals surface area contributed by atoms with Crippen LogP contribution in [0.15, 0.2) is 41.3 Å². The van der Waals surface area contributed by atoms with Crippen molar-refractivity contribution in [2.75, 3.05) is 32.3 Å². The molecule has 0 unspecified atom stereocenters. The van der Waals surface area contributed by atoms with E-state index in [1.165, 1.54) is 19.2 Å². The summed E-state index contributed by atoms with van der Waals surface area (Å²) in [4.78, 5) is 12.5. The third kappa shape index (κ3) is 4.05. The van der Waals surface area contributed by atoms with E-state index < -0.39 is 15.9 Å². The van der Waals surface area contributed by atoms with Crippen LogP contribution in [0.25, 0.3) is 0 Å². The van der Waals surface area contributed by atoms with Crippen molar-refractivity contribution in [2.45, 2.75) is 18.7 Å². The molecule has 0 aliphatic carbocycles. The molecule has 8 nitrogen and oxygen atoms in total. The fourth-order valence-corrected chi connectivity index (χ4v) is 4.35. The van der Waals surface area contributed by atoms with Crippen molar-refractivity contribution in [3.05, 3.63) is 42.0 Å². The average molecular weight is 406 g/mol. The molecule has 0 aromatic heterocycles. The van der Waals surface area contributed by atoms with Crippen molar-refractivity contribution in [2.24, 2.45) is 0 Å². The lowest BCUT2D eigenvalue weighted by Gasteiger charge is -2.20. The molecule has 9 heteroatoms. The van der Waals surface area contributed by atoms with Crippen LogP contribution in [-0.2, 0) is 14.8 Å². The maximum Gasteiger partial charge on any atom is 0.243 e. The lowest BCUT2D eigenvalue weighted by atomic mass is 10.2. The number of nitrogens with one attached hydrogen (secondary N) is 1. The number of likely N-dealkylation sites (N-methyl/N-ethyl adjacent to an activating group) is 1. The fraction of sp³-hybridized carbons (Fsp3) is 0.316. The number of benzene rings is 2. The van der Waals surface area contributed by atoms with E-state index in [2.05, 4.69) is 5.32 Å². The van der Waals surface area contributed by atoms with E-state index in [0.29, 0.717) is 28.5 Å². The molecule has 0 saturated carbocycles. The number of hydrogen-bond acceptors (Lipinski definition) is 6. The molecule has 0 atom stereocenters. The van der Waals surface area contributed by atoms with Crippen LogP contribution in [0.4, 0.5) is 5.69 Å². The summed E-state index contributed by atoms with van der Waals surface area (Å²) >= 11 is 0. The van der Waals surface area contributed by atoms with Gasteiger partial charge in [-0.25, -0.2) is 8.42 Å². The van der Waals surface area contributed by atoms with E-state index in [9.17, 15) is 13.2 Å². The Morgan fingerprint density at radius 3 is 2.61 bits per heavy atom. The van der Waals surface area contributed by atoms with Gasteiger partial charge in [0, 0.05) is 18.3 Å². The summed E-state index contributed by atoms with van der Waals surface area (Å²) in [6.07, 6.45) is 0. The summed E-state index contributed by atoms with van der Waals surface area (Å²) in [7, 11) is -2.30. The van der Waals surface area contributed by atoms with Crippen LogP contribution in [0.1, 0.15) is 12.5 Å². The molecule has 0 fully saturated rings. The van der Waals surface area contributed by atoms with E-state index in [0.717, 1.165) is 4.31 Å². The Morgan fingerprint density at radius 2 is 1.93 bits per heavy atom. The molecule has 1 aliphatic rings. The number of carbonyl (C=O) groups excluding carboxylic acids is 1. The zero-order valence-electron chi connectivity index (χ0n) is 15.9. The second kappa shape index (κ2) is 8.07. The van der Waals surface area contributed by atoms with Gasteiger partial charge in [-0.05, 0) is 42.8 Å². The Labute approximate surface area is 164 Å². The van der Waals surface area contributed by atoms with Crippen molar-refractivity contribution in [3.8, 4) is 17.2 Å². The van der Waals surface area contributed by atoms with Crippen LogP contribution in [0.3, 0.4) is 0 Å². The first kappa shape index (κ1) is 20.0.